The molecule has 3 N–H and O–H groups in total. The van der Waals surface area contributed by atoms with Crippen molar-refractivity contribution in [3.63, 3.8) is 0 Å². The third-order valence-electron chi connectivity index (χ3n) is 3.45. The van der Waals surface area contributed by atoms with E-state index in [-0.39, 0.29) is 6.61 Å². The average molecular weight is 289 g/mol. The van der Waals surface area contributed by atoms with Crippen molar-refractivity contribution in [2.75, 3.05) is 23.8 Å². The lowest BCUT2D eigenvalue weighted by Gasteiger charge is -2.28. The highest BCUT2D eigenvalue weighted by molar-refractivity contribution is 6.42. The Balaban J connectivity index is 2.21. The van der Waals surface area contributed by atoms with Crippen LogP contribution in [0.15, 0.2) is 12.1 Å². The standard InChI is InChI=1S/C13H18Cl2N2O/c14-10-7-12(16)13(8-11(10)15)17-5-1-3-9(17)4-2-6-18/h7-9,18H,1-6,16H2. The van der Waals surface area contributed by atoms with E-state index in [2.05, 4.69) is 4.90 Å². The Morgan fingerprint density at radius 3 is 2.78 bits per heavy atom. The summed E-state index contributed by atoms with van der Waals surface area (Å²) in [5.74, 6) is 0. The zero-order valence-corrected chi connectivity index (χ0v) is 11.7. The summed E-state index contributed by atoms with van der Waals surface area (Å²) in [6.45, 7) is 1.22. The highest BCUT2D eigenvalue weighted by Crippen LogP contribution is 2.37. The van der Waals surface area contributed by atoms with Gasteiger partial charge in [-0.3, -0.25) is 0 Å². The van der Waals surface area contributed by atoms with Crippen LogP contribution in [-0.2, 0) is 0 Å². The molecular weight excluding hydrogens is 271 g/mol. The van der Waals surface area contributed by atoms with E-state index < -0.39 is 0 Å². The highest BCUT2D eigenvalue weighted by Gasteiger charge is 2.26. The molecule has 1 aromatic carbocycles. The zero-order valence-electron chi connectivity index (χ0n) is 10.2. The molecule has 1 aromatic rings. The van der Waals surface area contributed by atoms with Crippen LogP contribution in [-0.4, -0.2) is 24.3 Å². The lowest BCUT2D eigenvalue weighted by Crippen LogP contribution is -2.30. The lowest BCUT2D eigenvalue weighted by atomic mass is 10.1. The van der Waals surface area contributed by atoms with Crippen molar-refractivity contribution in [3.05, 3.63) is 22.2 Å². The van der Waals surface area contributed by atoms with Crippen LogP contribution in [0.5, 0.6) is 0 Å². The Morgan fingerprint density at radius 1 is 1.33 bits per heavy atom. The molecule has 0 spiro atoms. The van der Waals surface area contributed by atoms with Gasteiger partial charge in [-0.15, -0.1) is 0 Å². The first-order valence-electron chi connectivity index (χ1n) is 6.25. The van der Waals surface area contributed by atoms with Gasteiger partial charge in [-0.1, -0.05) is 23.2 Å². The summed E-state index contributed by atoms with van der Waals surface area (Å²) in [7, 11) is 0. The summed E-state index contributed by atoms with van der Waals surface area (Å²) in [6.07, 6.45) is 4.09. The first-order valence-corrected chi connectivity index (χ1v) is 7.01. The van der Waals surface area contributed by atoms with E-state index in [1.165, 1.54) is 0 Å². The molecule has 1 aliphatic heterocycles. The monoisotopic (exact) mass is 288 g/mol. The van der Waals surface area contributed by atoms with E-state index in [9.17, 15) is 0 Å². The molecule has 18 heavy (non-hydrogen) atoms. The number of aliphatic hydroxyl groups is 1. The molecule has 1 atom stereocenters. The van der Waals surface area contributed by atoms with Crippen LogP contribution in [0.25, 0.3) is 0 Å². The first-order chi connectivity index (χ1) is 8.63. The maximum absolute atomic E-state index is 8.94. The third kappa shape index (κ3) is 2.85. The Labute approximate surface area is 117 Å². The minimum atomic E-state index is 0.237. The minimum absolute atomic E-state index is 0.237. The second kappa shape index (κ2) is 6.00. The van der Waals surface area contributed by atoms with Crippen molar-refractivity contribution < 1.29 is 5.11 Å². The van der Waals surface area contributed by atoms with Crippen LogP contribution >= 0.6 is 23.2 Å². The van der Waals surface area contributed by atoms with Crippen LogP contribution in [0.3, 0.4) is 0 Å². The lowest BCUT2D eigenvalue weighted by molar-refractivity contribution is 0.279. The molecule has 1 heterocycles. The first kappa shape index (κ1) is 13.8. The topological polar surface area (TPSA) is 49.5 Å². The molecule has 0 amide bonds. The fourth-order valence-corrected chi connectivity index (χ4v) is 2.91. The van der Waals surface area contributed by atoms with Crippen molar-refractivity contribution in [2.45, 2.75) is 31.7 Å². The van der Waals surface area contributed by atoms with Gasteiger partial charge in [0, 0.05) is 19.2 Å². The summed E-state index contributed by atoms with van der Waals surface area (Å²) in [4.78, 5) is 2.28. The van der Waals surface area contributed by atoms with E-state index in [4.69, 9.17) is 34.0 Å². The quantitative estimate of drug-likeness (QED) is 0.836. The van der Waals surface area contributed by atoms with Gasteiger partial charge in [-0.2, -0.15) is 0 Å². The number of hydrogen-bond donors (Lipinski definition) is 2. The van der Waals surface area contributed by atoms with Crippen molar-refractivity contribution >= 4 is 34.6 Å². The summed E-state index contributed by atoms with van der Waals surface area (Å²) < 4.78 is 0. The molecule has 1 saturated heterocycles. The van der Waals surface area contributed by atoms with Gasteiger partial charge in [0.05, 0.1) is 21.4 Å². The van der Waals surface area contributed by atoms with E-state index in [0.29, 0.717) is 21.8 Å². The number of hydrogen-bond acceptors (Lipinski definition) is 3. The van der Waals surface area contributed by atoms with Gasteiger partial charge >= 0.3 is 0 Å². The summed E-state index contributed by atoms with van der Waals surface area (Å²) in [5.41, 5.74) is 7.66. The SMILES string of the molecule is Nc1cc(Cl)c(Cl)cc1N1CCCC1CCCO. The maximum atomic E-state index is 8.94. The number of aliphatic hydroxyl groups excluding tert-OH is 1. The van der Waals surface area contributed by atoms with Crippen molar-refractivity contribution in [2.24, 2.45) is 0 Å². The Hall–Kier alpha value is -0.640. The molecule has 0 radical (unpaired) electrons. The van der Waals surface area contributed by atoms with Crippen LogP contribution in [0.1, 0.15) is 25.7 Å². The number of nitrogen functional groups attached to an aromatic ring is 1. The van der Waals surface area contributed by atoms with E-state index in [1.807, 2.05) is 6.07 Å². The Kier molecular flexibility index (Phi) is 4.60. The van der Waals surface area contributed by atoms with Crippen LogP contribution in [0.2, 0.25) is 10.0 Å². The molecule has 1 fully saturated rings. The fourth-order valence-electron chi connectivity index (χ4n) is 2.58. The van der Waals surface area contributed by atoms with Gasteiger partial charge in [0.15, 0.2) is 0 Å². The minimum Gasteiger partial charge on any atom is -0.397 e. The zero-order chi connectivity index (χ0) is 13.1. The molecule has 0 bridgehead atoms. The van der Waals surface area contributed by atoms with Crippen molar-refractivity contribution in [3.8, 4) is 0 Å². The summed E-state index contributed by atoms with van der Waals surface area (Å²) in [6, 6.07) is 3.99. The number of nitrogens with two attached hydrogens (primary N) is 1. The Morgan fingerprint density at radius 2 is 2.06 bits per heavy atom. The van der Waals surface area contributed by atoms with E-state index in [0.717, 1.165) is 37.9 Å². The molecular formula is C13H18Cl2N2O. The largest absolute Gasteiger partial charge is 0.397 e. The van der Waals surface area contributed by atoms with Crippen molar-refractivity contribution in [1.82, 2.24) is 0 Å². The van der Waals surface area contributed by atoms with E-state index in [1.54, 1.807) is 6.07 Å². The summed E-state index contributed by atoms with van der Waals surface area (Å²) in [5, 5.41) is 9.96. The molecule has 100 valence electrons. The van der Waals surface area contributed by atoms with Gasteiger partial charge < -0.3 is 15.7 Å². The molecule has 0 aliphatic carbocycles. The molecule has 1 unspecified atom stereocenters. The number of rotatable bonds is 4. The van der Waals surface area contributed by atoms with Crippen molar-refractivity contribution in [1.29, 1.82) is 0 Å². The predicted molar refractivity (Wildman–Crippen MR) is 77.6 cm³/mol. The molecule has 0 aromatic heterocycles. The average Bonchev–Trinajstić information content (AvgIpc) is 2.79. The molecule has 5 heteroatoms. The van der Waals surface area contributed by atoms with Gasteiger partial charge in [-0.05, 0) is 37.8 Å². The van der Waals surface area contributed by atoms with Gasteiger partial charge in [-0.25, -0.2) is 0 Å². The maximum Gasteiger partial charge on any atom is 0.0618 e. The normalized spacial score (nSPS) is 19.5. The van der Waals surface area contributed by atoms with E-state index >= 15 is 0 Å². The van der Waals surface area contributed by atoms with Crippen LogP contribution in [0, 0.1) is 0 Å². The highest BCUT2D eigenvalue weighted by atomic mass is 35.5. The fraction of sp³-hybridized carbons (Fsp3) is 0.538. The second-order valence-electron chi connectivity index (χ2n) is 4.68. The van der Waals surface area contributed by atoms with Gasteiger partial charge in [0.2, 0.25) is 0 Å². The Bertz CT molecular complexity index is 426. The molecule has 1 aliphatic rings. The molecule has 2 rings (SSSR count). The third-order valence-corrected chi connectivity index (χ3v) is 4.17. The second-order valence-corrected chi connectivity index (χ2v) is 5.49. The predicted octanol–water partition coefficient (Wildman–Crippen LogP) is 3.32. The molecule has 3 nitrogen and oxygen atoms in total. The number of halogens is 2. The number of nitrogens with zero attached hydrogens (tertiary/aromatic N) is 1. The van der Waals surface area contributed by atoms with Crippen LogP contribution in [0.4, 0.5) is 11.4 Å². The van der Waals surface area contributed by atoms with Crippen LogP contribution < -0.4 is 10.6 Å². The van der Waals surface area contributed by atoms with Gasteiger partial charge in [0.1, 0.15) is 0 Å². The smallest absolute Gasteiger partial charge is 0.0618 e. The van der Waals surface area contributed by atoms with Gasteiger partial charge in [0.25, 0.3) is 0 Å². The number of anilines is 2. The molecule has 0 saturated carbocycles. The summed E-state index contributed by atoms with van der Waals surface area (Å²) >= 11 is 12.0. The number of benzene rings is 1.